The molecular formula is C20H34O. The fraction of sp³-hybridized carbons (Fsp3) is 0.700. The minimum atomic E-state index is 0.144. The van der Waals surface area contributed by atoms with Crippen LogP contribution in [0.4, 0.5) is 0 Å². The van der Waals surface area contributed by atoms with E-state index in [0.717, 1.165) is 0 Å². The molecule has 120 valence electrons. The Kier molecular flexibility index (Phi) is 7.45. The molecule has 0 spiro atoms. The molecule has 1 heterocycles. The van der Waals surface area contributed by atoms with Crippen molar-refractivity contribution in [3.8, 4) is 0 Å². The molecule has 1 heteroatoms. The molecule has 1 rings (SSSR count). The maximum absolute atomic E-state index is 5.63. The average molecular weight is 290 g/mol. The smallest absolute Gasteiger partial charge is 0.0892 e. The number of hydrogen-bond donors (Lipinski definition) is 0. The Hall–Kier alpha value is -0.820. The summed E-state index contributed by atoms with van der Waals surface area (Å²) in [4.78, 5) is 0. The summed E-state index contributed by atoms with van der Waals surface area (Å²) in [5.41, 5.74) is 4.60. The van der Waals surface area contributed by atoms with Gasteiger partial charge in [0.2, 0.25) is 0 Å². The third-order valence-electron chi connectivity index (χ3n) is 4.21. The van der Waals surface area contributed by atoms with Gasteiger partial charge in [0.15, 0.2) is 0 Å². The van der Waals surface area contributed by atoms with Gasteiger partial charge in [0, 0.05) is 0 Å². The third kappa shape index (κ3) is 8.26. The molecule has 0 aromatic heterocycles. The van der Waals surface area contributed by atoms with Crippen molar-refractivity contribution in [2.24, 2.45) is 0 Å². The van der Waals surface area contributed by atoms with Crippen molar-refractivity contribution in [3.63, 3.8) is 0 Å². The lowest BCUT2D eigenvalue weighted by molar-refractivity contribution is 0.320. The Balaban J connectivity index is 2.14. The maximum atomic E-state index is 5.63. The molecule has 0 saturated carbocycles. The van der Waals surface area contributed by atoms with Crippen LogP contribution in [0.25, 0.3) is 0 Å². The molecule has 1 unspecified atom stereocenters. The van der Waals surface area contributed by atoms with Crippen LogP contribution < -0.4 is 0 Å². The van der Waals surface area contributed by atoms with Crippen LogP contribution in [0.1, 0.15) is 80.1 Å². The highest BCUT2D eigenvalue weighted by molar-refractivity contribution is 5.06. The Morgan fingerprint density at radius 3 is 1.95 bits per heavy atom. The average Bonchev–Trinajstić information content (AvgIpc) is 3.00. The molecule has 0 aliphatic carbocycles. The first-order valence-corrected chi connectivity index (χ1v) is 8.43. The summed E-state index contributed by atoms with van der Waals surface area (Å²) in [7, 11) is 0. The van der Waals surface area contributed by atoms with Gasteiger partial charge in [0.25, 0.3) is 0 Å². The molecule has 1 atom stereocenters. The maximum Gasteiger partial charge on any atom is 0.0892 e. The van der Waals surface area contributed by atoms with Crippen molar-refractivity contribution in [2.45, 2.75) is 91.8 Å². The second kappa shape index (κ2) is 8.58. The van der Waals surface area contributed by atoms with Crippen molar-refractivity contribution in [3.05, 3.63) is 34.9 Å². The summed E-state index contributed by atoms with van der Waals surface area (Å²) in [5.74, 6) is 0. The fourth-order valence-electron chi connectivity index (χ4n) is 2.55. The van der Waals surface area contributed by atoms with Gasteiger partial charge < -0.3 is 4.74 Å². The SMILES string of the molecule is CC(C)=CCC/C=C(\C)CC/C=C(\C)CCC1OC1(C)C. The van der Waals surface area contributed by atoms with Gasteiger partial charge in [0.05, 0.1) is 11.7 Å². The summed E-state index contributed by atoms with van der Waals surface area (Å²) in [6.07, 6.45) is 14.7. The van der Waals surface area contributed by atoms with Crippen LogP contribution in [0.2, 0.25) is 0 Å². The fourth-order valence-corrected chi connectivity index (χ4v) is 2.55. The number of ether oxygens (including phenoxy) is 1. The van der Waals surface area contributed by atoms with Crippen LogP contribution in [0.3, 0.4) is 0 Å². The van der Waals surface area contributed by atoms with E-state index in [9.17, 15) is 0 Å². The first-order chi connectivity index (χ1) is 9.81. The summed E-state index contributed by atoms with van der Waals surface area (Å²) in [6.45, 7) is 13.2. The highest BCUT2D eigenvalue weighted by Crippen LogP contribution is 2.38. The zero-order chi connectivity index (χ0) is 15.9. The molecule has 0 radical (unpaired) electrons. The standard InChI is InChI=1S/C20H34O/c1-16(2)10-7-8-11-17(3)12-9-13-18(4)14-15-19-20(5,6)21-19/h10-11,13,19H,7-9,12,14-15H2,1-6H3/b17-11+,18-13+. The van der Waals surface area contributed by atoms with Gasteiger partial charge in [0.1, 0.15) is 0 Å². The predicted octanol–water partition coefficient (Wildman–Crippen LogP) is 6.36. The van der Waals surface area contributed by atoms with Gasteiger partial charge in [-0.15, -0.1) is 0 Å². The van der Waals surface area contributed by atoms with Crippen molar-refractivity contribution >= 4 is 0 Å². The van der Waals surface area contributed by atoms with Gasteiger partial charge in [-0.05, 0) is 80.1 Å². The van der Waals surface area contributed by atoms with Crippen molar-refractivity contribution in [2.75, 3.05) is 0 Å². The predicted molar refractivity (Wildman–Crippen MR) is 93.6 cm³/mol. The van der Waals surface area contributed by atoms with Gasteiger partial charge in [-0.1, -0.05) is 34.9 Å². The zero-order valence-corrected chi connectivity index (χ0v) is 15.0. The topological polar surface area (TPSA) is 12.5 Å². The molecule has 1 aliphatic heterocycles. The number of allylic oxidation sites excluding steroid dienone is 6. The molecule has 21 heavy (non-hydrogen) atoms. The number of rotatable bonds is 9. The highest BCUT2D eigenvalue weighted by Gasteiger charge is 2.46. The van der Waals surface area contributed by atoms with E-state index in [0.29, 0.717) is 6.10 Å². The van der Waals surface area contributed by atoms with Crippen molar-refractivity contribution < 1.29 is 4.74 Å². The van der Waals surface area contributed by atoms with Crippen LogP contribution in [0.5, 0.6) is 0 Å². The van der Waals surface area contributed by atoms with Crippen molar-refractivity contribution in [1.29, 1.82) is 0 Å². The molecule has 0 aromatic carbocycles. The van der Waals surface area contributed by atoms with Gasteiger partial charge in [-0.25, -0.2) is 0 Å². The van der Waals surface area contributed by atoms with E-state index in [1.165, 1.54) is 55.2 Å². The molecule has 0 N–H and O–H groups in total. The molecule has 1 fully saturated rings. The lowest BCUT2D eigenvalue weighted by Crippen LogP contribution is -2.02. The molecule has 1 aliphatic rings. The lowest BCUT2D eigenvalue weighted by atomic mass is 10.0. The Morgan fingerprint density at radius 1 is 0.857 bits per heavy atom. The summed E-state index contributed by atoms with van der Waals surface area (Å²) in [6, 6.07) is 0. The minimum absolute atomic E-state index is 0.144. The van der Waals surface area contributed by atoms with Crippen LogP contribution in [0.15, 0.2) is 34.9 Å². The second-order valence-electron chi connectivity index (χ2n) is 7.25. The Labute approximate surface area is 132 Å². The Morgan fingerprint density at radius 2 is 1.38 bits per heavy atom. The van der Waals surface area contributed by atoms with E-state index in [-0.39, 0.29) is 5.60 Å². The number of unbranched alkanes of at least 4 members (excludes halogenated alkanes) is 1. The number of epoxide rings is 1. The van der Waals surface area contributed by atoms with Crippen LogP contribution >= 0.6 is 0 Å². The zero-order valence-electron chi connectivity index (χ0n) is 15.0. The summed E-state index contributed by atoms with van der Waals surface area (Å²) < 4.78 is 5.63. The molecule has 0 amide bonds. The minimum Gasteiger partial charge on any atom is -0.367 e. The van der Waals surface area contributed by atoms with Gasteiger partial charge >= 0.3 is 0 Å². The van der Waals surface area contributed by atoms with Crippen LogP contribution in [-0.2, 0) is 4.74 Å². The van der Waals surface area contributed by atoms with E-state index >= 15 is 0 Å². The monoisotopic (exact) mass is 290 g/mol. The van der Waals surface area contributed by atoms with Gasteiger partial charge in [-0.2, -0.15) is 0 Å². The quantitative estimate of drug-likeness (QED) is 0.273. The first kappa shape index (κ1) is 18.2. The van der Waals surface area contributed by atoms with E-state index in [1.807, 2.05) is 0 Å². The van der Waals surface area contributed by atoms with E-state index in [2.05, 4.69) is 59.8 Å². The molecule has 1 nitrogen and oxygen atoms in total. The highest BCUT2D eigenvalue weighted by atomic mass is 16.6. The Bertz CT molecular complexity index is 406. The largest absolute Gasteiger partial charge is 0.367 e. The van der Waals surface area contributed by atoms with E-state index in [1.54, 1.807) is 0 Å². The normalized spacial score (nSPS) is 21.3. The summed E-state index contributed by atoms with van der Waals surface area (Å²) in [5, 5.41) is 0. The van der Waals surface area contributed by atoms with Crippen molar-refractivity contribution in [1.82, 2.24) is 0 Å². The van der Waals surface area contributed by atoms with Gasteiger partial charge in [-0.3, -0.25) is 0 Å². The molecule has 1 saturated heterocycles. The van der Waals surface area contributed by atoms with Crippen LogP contribution in [-0.4, -0.2) is 11.7 Å². The van der Waals surface area contributed by atoms with Crippen LogP contribution in [0, 0.1) is 0 Å². The van der Waals surface area contributed by atoms with E-state index in [4.69, 9.17) is 4.74 Å². The number of hydrogen-bond acceptors (Lipinski definition) is 1. The molecule has 0 aromatic rings. The van der Waals surface area contributed by atoms with E-state index < -0.39 is 0 Å². The second-order valence-corrected chi connectivity index (χ2v) is 7.25. The molecule has 0 bridgehead atoms. The lowest BCUT2D eigenvalue weighted by Gasteiger charge is -2.02. The molecular weight excluding hydrogens is 256 g/mol. The summed E-state index contributed by atoms with van der Waals surface area (Å²) >= 11 is 0. The third-order valence-corrected chi connectivity index (χ3v) is 4.21. The first-order valence-electron chi connectivity index (χ1n) is 8.43.